The zero-order valence-electron chi connectivity index (χ0n) is 10.4. The van der Waals surface area contributed by atoms with Crippen molar-refractivity contribution in [2.75, 3.05) is 6.54 Å². The Morgan fingerprint density at radius 1 is 1.59 bits per heavy atom. The highest BCUT2D eigenvalue weighted by Crippen LogP contribution is 2.25. The summed E-state index contributed by atoms with van der Waals surface area (Å²) in [4.78, 5) is 11.7. The van der Waals surface area contributed by atoms with E-state index < -0.39 is 0 Å². The number of hydrogen-bond donors (Lipinski definition) is 1. The average Bonchev–Trinajstić information content (AvgIpc) is 2.85. The van der Waals surface area contributed by atoms with E-state index in [2.05, 4.69) is 10.5 Å². The van der Waals surface area contributed by atoms with Gasteiger partial charge in [-0.05, 0) is 24.5 Å². The van der Waals surface area contributed by atoms with E-state index in [-0.39, 0.29) is 23.3 Å². The van der Waals surface area contributed by atoms with Crippen LogP contribution in [-0.2, 0) is 10.2 Å². The van der Waals surface area contributed by atoms with Crippen LogP contribution in [0.5, 0.6) is 5.88 Å². The smallest absolute Gasteiger partial charge is 0.329 e. The van der Waals surface area contributed by atoms with Crippen LogP contribution in [0.3, 0.4) is 0 Å². The van der Waals surface area contributed by atoms with Gasteiger partial charge < -0.3 is 14.6 Å². The molecule has 1 N–H and O–H groups in total. The maximum atomic E-state index is 11.7. The van der Waals surface area contributed by atoms with Crippen molar-refractivity contribution in [3.63, 3.8) is 0 Å². The second kappa shape index (κ2) is 4.49. The molecular weight excluding hydrogens is 220 g/mol. The van der Waals surface area contributed by atoms with Crippen molar-refractivity contribution in [1.29, 1.82) is 0 Å². The van der Waals surface area contributed by atoms with Crippen molar-refractivity contribution < 1.29 is 14.1 Å². The van der Waals surface area contributed by atoms with Crippen LogP contribution < -0.4 is 10.1 Å². The number of ether oxygens (including phenoxy) is 1. The largest absolute Gasteiger partial charge is 0.403 e. The van der Waals surface area contributed by atoms with Gasteiger partial charge >= 0.3 is 5.97 Å². The molecule has 1 unspecified atom stereocenters. The van der Waals surface area contributed by atoms with E-state index in [0.717, 1.165) is 19.4 Å². The van der Waals surface area contributed by atoms with Gasteiger partial charge in [-0.15, -0.1) is 0 Å². The van der Waals surface area contributed by atoms with Crippen LogP contribution in [0.25, 0.3) is 0 Å². The van der Waals surface area contributed by atoms with Gasteiger partial charge in [0.05, 0.1) is 0 Å². The van der Waals surface area contributed by atoms with Crippen LogP contribution in [0, 0.1) is 0 Å². The summed E-state index contributed by atoms with van der Waals surface area (Å²) in [6, 6.07) is 1.47. The second-order valence-corrected chi connectivity index (χ2v) is 5.35. The summed E-state index contributed by atoms with van der Waals surface area (Å²) in [5.41, 5.74) is -0.136. The van der Waals surface area contributed by atoms with Crippen LogP contribution in [-0.4, -0.2) is 23.7 Å². The molecule has 1 aliphatic rings. The maximum Gasteiger partial charge on any atom is 0.329 e. The molecule has 0 radical (unpaired) electrons. The molecule has 0 spiro atoms. The first-order valence-electron chi connectivity index (χ1n) is 5.89. The lowest BCUT2D eigenvalue weighted by Gasteiger charge is -2.12. The van der Waals surface area contributed by atoms with Crippen molar-refractivity contribution in [2.45, 2.75) is 45.1 Å². The van der Waals surface area contributed by atoms with Crippen molar-refractivity contribution in [1.82, 2.24) is 10.5 Å². The van der Waals surface area contributed by atoms with E-state index >= 15 is 0 Å². The van der Waals surface area contributed by atoms with Gasteiger partial charge in [-0.2, -0.15) is 0 Å². The predicted molar refractivity (Wildman–Crippen MR) is 61.9 cm³/mol. The van der Waals surface area contributed by atoms with Crippen LogP contribution in [0.4, 0.5) is 0 Å². The van der Waals surface area contributed by atoms with E-state index in [4.69, 9.17) is 9.26 Å². The Morgan fingerprint density at radius 3 is 2.88 bits per heavy atom. The Balaban J connectivity index is 1.99. The molecule has 94 valence electrons. The molecule has 1 atom stereocenters. The molecule has 1 aliphatic heterocycles. The summed E-state index contributed by atoms with van der Waals surface area (Å²) in [6.45, 7) is 6.90. The van der Waals surface area contributed by atoms with E-state index in [0.29, 0.717) is 5.76 Å². The summed E-state index contributed by atoms with van der Waals surface area (Å²) in [7, 11) is 0. The highest BCUT2D eigenvalue weighted by Gasteiger charge is 2.26. The Labute approximate surface area is 101 Å². The standard InChI is InChI=1S/C12H18N2O3/c1-12(2,3)9-7-10(14-17-9)16-11(15)8-5-4-6-13-8/h7-8,13H,4-6H2,1-3H3. The van der Waals surface area contributed by atoms with Crippen molar-refractivity contribution in [3.8, 4) is 5.88 Å². The lowest BCUT2D eigenvalue weighted by molar-refractivity contribution is -0.136. The highest BCUT2D eigenvalue weighted by molar-refractivity contribution is 5.78. The van der Waals surface area contributed by atoms with Crippen LogP contribution >= 0.6 is 0 Å². The SMILES string of the molecule is CC(C)(C)c1cc(OC(=O)C2CCCN2)no1. The maximum absolute atomic E-state index is 11.7. The summed E-state index contributed by atoms with van der Waals surface area (Å²) < 4.78 is 10.3. The highest BCUT2D eigenvalue weighted by atomic mass is 16.6. The molecule has 5 heteroatoms. The number of esters is 1. The van der Waals surface area contributed by atoms with Gasteiger partial charge in [0.15, 0.2) is 0 Å². The molecule has 1 aromatic heterocycles. The van der Waals surface area contributed by atoms with E-state index in [9.17, 15) is 4.79 Å². The number of nitrogens with zero attached hydrogens (tertiary/aromatic N) is 1. The Bertz CT molecular complexity index is 400. The monoisotopic (exact) mass is 238 g/mol. The summed E-state index contributed by atoms with van der Waals surface area (Å²) in [6.07, 6.45) is 1.83. The summed E-state index contributed by atoms with van der Waals surface area (Å²) >= 11 is 0. The first kappa shape index (κ1) is 12.1. The van der Waals surface area contributed by atoms with E-state index in [1.807, 2.05) is 20.8 Å². The minimum absolute atomic E-state index is 0.136. The molecular formula is C12H18N2O3. The van der Waals surface area contributed by atoms with E-state index in [1.165, 1.54) is 0 Å². The quantitative estimate of drug-likeness (QED) is 0.793. The third-order valence-electron chi connectivity index (χ3n) is 2.78. The second-order valence-electron chi connectivity index (χ2n) is 5.35. The molecule has 5 nitrogen and oxygen atoms in total. The van der Waals surface area contributed by atoms with Gasteiger partial charge in [-0.1, -0.05) is 20.8 Å². The lowest BCUT2D eigenvalue weighted by atomic mass is 9.94. The Kier molecular flexibility index (Phi) is 3.19. The first-order valence-corrected chi connectivity index (χ1v) is 5.89. The number of nitrogens with one attached hydrogen (secondary N) is 1. The van der Waals surface area contributed by atoms with Crippen LogP contribution in [0.15, 0.2) is 10.6 Å². The zero-order valence-corrected chi connectivity index (χ0v) is 10.4. The molecule has 2 rings (SSSR count). The normalized spacial score (nSPS) is 20.5. The molecule has 0 saturated carbocycles. The predicted octanol–water partition coefficient (Wildman–Crippen LogP) is 1.63. The van der Waals surface area contributed by atoms with Gasteiger partial charge in [0.25, 0.3) is 5.88 Å². The van der Waals surface area contributed by atoms with Gasteiger partial charge in [0.1, 0.15) is 11.8 Å². The number of rotatable bonds is 2. The molecule has 17 heavy (non-hydrogen) atoms. The summed E-state index contributed by atoms with van der Waals surface area (Å²) in [5.74, 6) is 0.671. The molecule has 0 aromatic carbocycles. The molecule has 2 heterocycles. The average molecular weight is 238 g/mol. The number of hydrogen-bond acceptors (Lipinski definition) is 5. The summed E-state index contributed by atoms with van der Waals surface area (Å²) in [5, 5.41) is 6.83. The minimum atomic E-state index is -0.281. The molecule has 1 fully saturated rings. The van der Waals surface area contributed by atoms with Crippen molar-refractivity contribution in [3.05, 3.63) is 11.8 Å². The lowest BCUT2D eigenvalue weighted by Crippen LogP contribution is -2.34. The topological polar surface area (TPSA) is 64.4 Å². The third-order valence-corrected chi connectivity index (χ3v) is 2.78. The van der Waals surface area contributed by atoms with Crippen molar-refractivity contribution in [2.24, 2.45) is 0 Å². The van der Waals surface area contributed by atoms with Gasteiger partial charge in [0, 0.05) is 11.5 Å². The number of carbonyl (C=O) groups excluding carboxylic acids is 1. The number of aromatic nitrogens is 1. The Morgan fingerprint density at radius 2 is 2.35 bits per heavy atom. The number of carbonyl (C=O) groups is 1. The molecule has 0 bridgehead atoms. The van der Waals surface area contributed by atoms with Gasteiger partial charge in [-0.3, -0.25) is 0 Å². The molecule has 1 aromatic rings. The minimum Gasteiger partial charge on any atom is -0.403 e. The Hall–Kier alpha value is -1.36. The molecule has 0 aliphatic carbocycles. The fraction of sp³-hybridized carbons (Fsp3) is 0.667. The van der Waals surface area contributed by atoms with Gasteiger partial charge in [0.2, 0.25) is 0 Å². The zero-order chi connectivity index (χ0) is 12.5. The van der Waals surface area contributed by atoms with Gasteiger partial charge in [-0.25, -0.2) is 4.79 Å². The van der Waals surface area contributed by atoms with Crippen LogP contribution in [0.2, 0.25) is 0 Å². The van der Waals surface area contributed by atoms with Crippen molar-refractivity contribution >= 4 is 5.97 Å². The molecule has 0 amide bonds. The first-order chi connectivity index (χ1) is 7.97. The fourth-order valence-corrected chi connectivity index (χ4v) is 1.72. The fourth-order valence-electron chi connectivity index (χ4n) is 1.72. The third kappa shape index (κ3) is 2.85. The van der Waals surface area contributed by atoms with E-state index in [1.54, 1.807) is 6.07 Å². The molecule has 1 saturated heterocycles. The van der Waals surface area contributed by atoms with Crippen LogP contribution in [0.1, 0.15) is 39.4 Å².